The second kappa shape index (κ2) is 8.16. The minimum Gasteiger partial charge on any atom is -0.458 e. The van der Waals surface area contributed by atoms with Crippen LogP contribution in [0.3, 0.4) is 0 Å². The highest BCUT2D eigenvalue weighted by Crippen LogP contribution is 2.48. The number of rotatable bonds is 6. The highest BCUT2D eigenvalue weighted by atomic mass is 16.6. The molecule has 1 heterocycles. The second-order valence-electron chi connectivity index (χ2n) is 11.7. The lowest BCUT2D eigenvalue weighted by atomic mass is 9.61. The number of hydrogen-bond acceptors (Lipinski definition) is 6. The number of carbonyl (C=O) groups is 3. The molecule has 2 fully saturated rings. The molecule has 1 aliphatic carbocycles. The zero-order chi connectivity index (χ0) is 23.1. The van der Waals surface area contributed by atoms with E-state index in [1.165, 1.54) is 0 Å². The van der Waals surface area contributed by atoms with Crippen molar-refractivity contribution < 1.29 is 28.6 Å². The van der Waals surface area contributed by atoms with Crippen molar-refractivity contribution in [2.75, 3.05) is 0 Å². The smallest absolute Gasteiger partial charge is 0.350 e. The lowest BCUT2D eigenvalue weighted by molar-refractivity contribution is -0.199. The Morgan fingerprint density at radius 1 is 1.00 bits per heavy atom. The van der Waals surface area contributed by atoms with Crippen molar-refractivity contribution in [2.45, 2.75) is 112 Å². The largest absolute Gasteiger partial charge is 0.458 e. The maximum Gasteiger partial charge on any atom is 0.350 e. The minimum absolute atomic E-state index is 0.0785. The van der Waals surface area contributed by atoms with E-state index in [9.17, 15) is 14.4 Å². The van der Waals surface area contributed by atoms with Crippen LogP contribution in [0, 0.1) is 22.2 Å². The summed E-state index contributed by atoms with van der Waals surface area (Å²) in [5, 5.41) is 0. The standard InChI is InChI=1S/C24H40O6/c1-10-24(9,20(27)29-16-12-11-15-13-17(16)28-18(15)25)30-19(26)23(8,22(5,6)7)14-21(2,3)4/h15-17H,10-14H2,1-9H3. The molecule has 2 bridgehead atoms. The second-order valence-corrected chi connectivity index (χ2v) is 11.7. The predicted molar refractivity (Wildman–Crippen MR) is 114 cm³/mol. The van der Waals surface area contributed by atoms with Crippen LogP contribution in [0.2, 0.25) is 0 Å². The van der Waals surface area contributed by atoms with E-state index in [1.54, 1.807) is 13.8 Å². The molecule has 0 aromatic rings. The van der Waals surface area contributed by atoms with Gasteiger partial charge in [0.05, 0.1) is 11.3 Å². The predicted octanol–water partition coefficient (Wildman–Crippen LogP) is 4.82. The van der Waals surface area contributed by atoms with Gasteiger partial charge in [0.2, 0.25) is 5.60 Å². The van der Waals surface area contributed by atoms with Crippen molar-refractivity contribution >= 4 is 17.9 Å². The van der Waals surface area contributed by atoms with Gasteiger partial charge in [0, 0.05) is 6.42 Å². The summed E-state index contributed by atoms with van der Waals surface area (Å²) in [6, 6.07) is 0. The molecule has 30 heavy (non-hydrogen) atoms. The topological polar surface area (TPSA) is 78.9 Å². The Kier molecular flexibility index (Phi) is 6.71. The molecule has 2 aliphatic rings. The van der Waals surface area contributed by atoms with Gasteiger partial charge in [-0.25, -0.2) is 4.79 Å². The maximum absolute atomic E-state index is 13.4. The Bertz CT molecular complexity index is 685. The molecule has 6 heteroatoms. The van der Waals surface area contributed by atoms with E-state index in [1.807, 2.05) is 27.7 Å². The Hall–Kier alpha value is -1.59. The molecule has 5 atom stereocenters. The van der Waals surface area contributed by atoms with E-state index in [2.05, 4.69) is 20.8 Å². The fourth-order valence-corrected chi connectivity index (χ4v) is 4.36. The number of hydrogen-bond donors (Lipinski definition) is 0. The summed E-state index contributed by atoms with van der Waals surface area (Å²) >= 11 is 0. The van der Waals surface area contributed by atoms with Crippen molar-refractivity contribution in [3.63, 3.8) is 0 Å². The molecule has 0 aromatic carbocycles. The number of carbonyl (C=O) groups excluding carboxylic acids is 3. The van der Waals surface area contributed by atoms with Gasteiger partial charge in [-0.1, -0.05) is 48.5 Å². The van der Waals surface area contributed by atoms with Gasteiger partial charge in [0.25, 0.3) is 0 Å². The third-order valence-electron chi connectivity index (χ3n) is 7.00. The molecular formula is C24H40O6. The summed E-state index contributed by atoms with van der Waals surface area (Å²) in [5.74, 6) is -1.24. The van der Waals surface area contributed by atoms with Gasteiger partial charge >= 0.3 is 17.9 Å². The van der Waals surface area contributed by atoms with Crippen LogP contribution in [0.15, 0.2) is 0 Å². The molecule has 5 unspecified atom stereocenters. The molecule has 1 saturated carbocycles. The highest BCUT2D eigenvalue weighted by molar-refractivity contribution is 5.85. The van der Waals surface area contributed by atoms with Crippen LogP contribution in [0.4, 0.5) is 0 Å². The van der Waals surface area contributed by atoms with Crippen molar-refractivity contribution in [3.8, 4) is 0 Å². The third kappa shape index (κ3) is 5.00. The van der Waals surface area contributed by atoms with Crippen molar-refractivity contribution in [1.82, 2.24) is 0 Å². The first-order valence-electron chi connectivity index (χ1n) is 11.2. The normalized spacial score (nSPS) is 28.2. The average Bonchev–Trinajstić information content (AvgIpc) is 2.89. The number of ether oxygens (including phenoxy) is 3. The van der Waals surface area contributed by atoms with Gasteiger partial charge in [0.1, 0.15) is 12.2 Å². The summed E-state index contributed by atoms with van der Waals surface area (Å²) in [6.45, 7) is 17.7. The fourth-order valence-electron chi connectivity index (χ4n) is 4.36. The Labute approximate surface area is 181 Å². The van der Waals surface area contributed by atoms with Crippen LogP contribution in [-0.4, -0.2) is 35.7 Å². The molecule has 172 valence electrons. The van der Waals surface area contributed by atoms with Crippen LogP contribution in [0.1, 0.15) is 94.4 Å². The lowest BCUT2D eigenvalue weighted by Crippen LogP contribution is -2.51. The summed E-state index contributed by atoms with van der Waals surface area (Å²) < 4.78 is 17.0. The van der Waals surface area contributed by atoms with E-state index in [0.29, 0.717) is 32.1 Å². The van der Waals surface area contributed by atoms with Gasteiger partial charge in [-0.05, 0) is 50.4 Å². The Balaban J connectivity index is 2.16. The van der Waals surface area contributed by atoms with E-state index in [-0.39, 0.29) is 28.7 Å². The van der Waals surface area contributed by atoms with Crippen LogP contribution < -0.4 is 0 Å². The molecule has 0 aromatic heterocycles. The van der Waals surface area contributed by atoms with E-state index in [4.69, 9.17) is 14.2 Å². The Morgan fingerprint density at radius 2 is 1.60 bits per heavy atom. The monoisotopic (exact) mass is 424 g/mol. The number of esters is 3. The zero-order valence-corrected chi connectivity index (χ0v) is 20.2. The molecule has 0 radical (unpaired) electrons. The van der Waals surface area contributed by atoms with Gasteiger partial charge in [-0.2, -0.15) is 0 Å². The van der Waals surface area contributed by atoms with Crippen LogP contribution in [0.5, 0.6) is 0 Å². The van der Waals surface area contributed by atoms with E-state index < -0.39 is 29.2 Å². The first kappa shape index (κ1) is 24.7. The zero-order valence-electron chi connectivity index (χ0n) is 20.2. The number of fused-ring (bicyclic) bond motifs is 2. The van der Waals surface area contributed by atoms with E-state index >= 15 is 0 Å². The third-order valence-corrected chi connectivity index (χ3v) is 7.00. The molecule has 2 rings (SSSR count). The molecular weight excluding hydrogens is 384 g/mol. The first-order chi connectivity index (χ1) is 13.5. The Morgan fingerprint density at radius 3 is 2.10 bits per heavy atom. The van der Waals surface area contributed by atoms with Crippen molar-refractivity contribution in [2.24, 2.45) is 22.2 Å². The molecule has 1 saturated heterocycles. The van der Waals surface area contributed by atoms with Gasteiger partial charge in [-0.15, -0.1) is 0 Å². The van der Waals surface area contributed by atoms with Gasteiger partial charge < -0.3 is 14.2 Å². The van der Waals surface area contributed by atoms with Crippen molar-refractivity contribution in [1.29, 1.82) is 0 Å². The van der Waals surface area contributed by atoms with Crippen LogP contribution in [-0.2, 0) is 28.6 Å². The minimum atomic E-state index is -1.39. The summed E-state index contributed by atoms with van der Waals surface area (Å²) in [4.78, 5) is 38.3. The highest BCUT2D eigenvalue weighted by Gasteiger charge is 2.52. The summed E-state index contributed by atoms with van der Waals surface area (Å²) in [5.41, 5.74) is -2.61. The molecule has 0 spiro atoms. The van der Waals surface area contributed by atoms with Gasteiger partial charge in [0.15, 0.2) is 0 Å². The van der Waals surface area contributed by atoms with Crippen molar-refractivity contribution in [3.05, 3.63) is 0 Å². The van der Waals surface area contributed by atoms with Crippen LogP contribution in [0.25, 0.3) is 0 Å². The maximum atomic E-state index is 13.4. The first-order valence-corrected chi connectivity index (χ1v) is 11.2. The molecule has 1 aliphatic heterocycles. The summed E-state index contributed by atoms with van der Waals surface area (Å²) in [6.07, 6.45) is 1.89. The SMILES string of the molecule is CCC(C)(OC(=O)C(C)(CC(C)(C)C)C(C)(C)C)C(=O)OC1CCC2CC1OC2=O. The fraction of sp³-hybridized carbons (Fsp3) is 0.875. The summed E-state index contributed by atoms with van der Waals surface area (Å²) in [7, 11) is 0. The molecule has 6 nitrogen and oxygen atoms in total. The molecule has 0 amide bonds. The van der Waals surface area contributed by atoms with Crippen LogP contribution >= 0.6 is 0 Å². The lowest BCUT2D eigenvalue weighted by Gasteiger charge is -2.45. The average molecular weight is 425 g/mol. The quantitative estimate of drug-likeness (QED) is 0.449. The van der Waals surface area contributed by atoms with Gasteiger partial charge in [-0.3, -0.25) is 9.59 Å². The van der Waals surface area contributed by atoms with E-state index in [0.717, 1.165) is 0 Å². The molecule has 0 N–H and O–H groups in total.